The smallest absolute Gasteiger partial charge is 0.140 e. The SMILES string of the molecule is CCn1ncnc1CN1CCC(Oc2cccnc2)CC1. The molecule has 112 valence electrons. The zero-order valence-electron chi connectivity index (χ0n) is 12.4. The highest BCUT2D eigenvalue weighted by Gasteiger charge is 2.21. The monoisotopic (exact) mass is 287 g/mol. The predicted octanol–water partition coefficient (Wildman–Crippen LogP) is 1.74. The van der Waals surface area contributed by atoms with Gasteiger partial charge in [-0.2, -0.15) is 5.10 Å². The number of aromatic nitrogens is 4. The normalized spacial score (nSPS) is 17.0. The summed E-state index contributed by atoms with van der Waals surface area (Å²) in [5, 5.41) is 4.22. The fourth-order valence-electron chi connectivity index (χ4n) is 2.67. The summed E-state index contributed by atoms with van der Waals surface area (Å²) in [6.07, 6.45) is 7.53. The molecular formula is C15H21N5O. The van der Waals surface area contributed by atoms with Crippen LogP contribution in [0.15, 0.2) is 30.9 Å². The van der Waals surface area contributed by atoms with E-state index in [2.05, 4.69) is 26.9 Å². The Balaban J connectivity index is 1.49. The van der Waals surface area contributed by atoms with Gasteiger partial charge in [-0.25, -0.2) is 9.67 Å². The van der Waals surface area contributed by atoms with Gasteiger partial charge in [0, 0.05) is 25.8 Å². The molecule has 6 nitrogen and oxygen atoms in total. The van der Waals surface area contributed by atoms with Crippen LogP contribution in [0.25, 0.3) is 0 Å². The minimum atomic E-state index is 0.287. The first kappa shape index (κ1) is 14.0. The highest BCUT2D eigenvalue weighted by molar-refractivity contribution is 5.15. The first-order valence-corrected chi connectivity index (χ1v) is 7.51. The molecule has 0 saturated carbocycles. The van der Waals surface area contributed by atoms with E-state index < -0.39 is 0 Å². The van der Waals surface area contributed by atoms with Crippen LogP contribution in [-0.2, 0) is 13.1 Å². The van der Waals surface area contributed by atoms with Crippen molar-refractivity contribution in [1.82, 2.24) is 24.6 Å². The summed E-state index contributed by atoms with van der Waals surface area (Å²) >= 11 is 0. The largest absolute Gasteiger partial charge is 0.489 e. The Bertz CT molecular complexity index is 548. The standard InChI is InChI=1S/C15H21N5O/c1-2-20-15(17-12-18-20)11-19-8-5-13(6-9-19)21-14-4-3-7-16-10-14/h3-4,7,10,12-13H,2,5-6,8-9,11H2,1H3. The molecule has 0 aliphatic carbocycles. The topological polar surface area (TPSA) is 56.1 Å². The summed E-state index contributed by atoms with van der Waals surface area (Å²) in [6, 6.07) is 3.87. The molecule has 0 bridgehead atoms. The lowest BCUT2D eigenvalue weighted by Gasteiger charge is -2.31. The molecule has 0 spiro atoms. The van der Waals surface area contributed by atoms with Crippen molar-refractivity contribution in [2.24, 2.45) is 0 Å². The molecule has 1 saturated heterocycles. The highest BCUT2D eigenvalue weighted by Crippen LogP contribution is 2.18. The molecule has 6 heteroatoms. The Morgan fingerprint density at radius 3 is 2.90 bits per heavy atom. The van der Waals surface area contributed by atoms with Crippen LogP contribution in [0.1, 0.15) is 25.6 Å². The summed E-state index contributed by atoms with van der Waals surface area (Å²) in [6.45, 7) is 5.89. The van der Waals surface area contributed by atoms with Gasteiger partial charge in [-0.15, -0.1) is 0 Å². The first-order valence-electron chi connectivity index (χ1n) is 7.51. The van der Waals surface area contributed by atoms with Crippen LogP contribution >= 0.6 is 0 Å². The number of likely N-dealkylation sites (tertiary alicyclic amines) is 1. The molecule has 0 atom stereocenters. The third-order valence-electron chi connectivity index (χ3n) is 3.83. The Morgan fingerprint density at radius 2 is 2.19 bits per heavy atom. The van der Waals surface area contributed by atoms with E-state index in [-0.39, 0.29) is 6.10 Å². The molecule has 21 heavy (non-hydrogen) atoms. The summed E-state index contributed by atoms with van der Waals surface area (Å²) in [7, 11) is 0. The van der Waals surface area contributed by atoms with Gasteiger partial charge in [-0.1, -0.05) is 0 Å². The van der Waals surface area contributed by atoms with E-state index in [0.717, 1.165) is 50.6 Å². The Labute approximate surface area is 124 Å². The molecule has 2 aromatic rings. The van der Waals surface area contributed by atoms with E-state index in [9.17, 15) is 0 Å². The van der Waals surface area contributed by atoms with Crippen LogP contribution in [0.5, 0.6) is 5.75 Å². The zero-order chi connectivity index (χ0) is 14.5. The van der Waals surface area contributed by atoms with Crippen molar-refractivity contribution in [3.63, 3.8) is 0 Å². The second-order valence-electron chi connectivity index (χ2n) is 5.27. The van der Waals surface area contributed by atoms with Crippen molar-refractivity contribution in [2.45, 2.75) is 39.0 Å². The molecule has 0 radical (unpaired) electrons. The van der Waals surface area contributed by atoms with Crippen LogP contribution in [0.3, 0.4) is 0 Å². The third-order valence-corrected chi connectivity index (χ3v) is 3.83. The van der Waals surface area contributed by atoms with Crippen LogP contribution in [0.2, 0.25) is 0 Å². The Morgan fingerprint density at radius 1 is 1.33 bits per heavy atom. The van der Waals surface area contributed by atoms with Crippen molar-refractivity contribution in [2.75, 3.05) is 13.1 Å². The van der Waals surface area contributed by atoms with Gasteiger partial charge in [-0.3, -0.25) is 9.88 Å². The van der Waals surface area contributed by atoms with E-state index in [4.69, 9.17) is 4.74 Å². The molecule has 2 aromatic heterocycles. The van der Waals surface area contributed by atoms with Crippen LogP contribution in [0.4, 0.5) is 0 Å². The number of rotatable bonds is 5. The predicted molar refractivity (Wildman–Crippen MR) is 78.9 cm³/mol. The average Bonchev–Trinajstić information content (AvgIpc) is 2.97. The van der Waals surface area contributed by atoms with E-state index in [1.165, 1.54) is 0 Å². The van der Waals surface area contributed by atoms with Gasteiger partial charge in [-0.05, 0) is 31.9 Å². The molecule has 0 aromatic carbocycles. The van der Waals surface area contributed by atoms with Gasteiger partial charge < -0.3 is 4.74 Å². The zero-order valence-corrected chi connectivity index (χ0v) is 12.4. The van der Waals surface area contributed by atoms with Crippen molar-refractivity contribution in [1.29, 1.82) is 0 Å². The first-order chi connectivity index (χ1) is 10.3. The number of pyridine rings is 1. The molecule has 0 amide bonds. The maximum atomic E-state index is 5.96. The molecule has 1 aliphatic rings. The van der Waals surface area contributed by atoms with Gasteiger partial charge in [0.15, 0.2) is 0 Å². The summed E-state index contributed by atoms with van der Waals surface area (Å²) in [5.74, 6) is 1.91. The number of hydrogen-bond donors (Lipinski definition) is 0. The number of piperidine rings is 1. The molecule has 1 aliphatic heterocycles. The van der Waals surface area contributed by atoms with Crippen LogP contribution < -0.4 is 4.74 Å². The average molecular weight is 287 g/mol. The Kier molecular flexibility index (Phi) is 4.45. The summed E-state index contributed by atoms with van der Waals surface area (Å²) in [5.41, 5.74) is 0. The fourth-order valence-corrected chi connectivity index (χ4v) is 2.67. The van der Waals surface area contributed by atoms with Crippen molar-refractivity contribution < 1.29 is 4.74 Å². The summed E-state index contributed by atoms with van der Waals surface area (Å²) < 4.78 is 7.92. The maximum absolute atomic E-state index is 5.96. The molecule has 0 unspecified atom stereocenters. The highest BCUT2D eigenvalue weighted by atomic mass is 16.5. The Hall–Kier alpha value is -1.95. The van der Waals surface area contributed by atoms with Crippen molar-refractivity contribution in [3.8, 4) is 5.75 Å². The van der Waals surface area contributed by atoms with Gasteiger partial charge >= 0.3 is 0 Å². The lowest BCUT2D eigenvalue weighted by atomic mass is 10.1. The second-order valence-corrected chi connectivity index (χ2v) is 5.27. The summed E-state index contributed by atoms with van der Waals surface area (Å²) in [4.78, 5) is 10.8. The fraction of sp³-hybridized carbons (Fsp3) is 0.533. The van der Waals surface area contributed by atoms with E-state index >= 15 is 0 Å². The minimum absolute atomic E-state index is 0.287. The molecule has 3 heterocycles. The third kappa shape index (κ3) is 3.58. The van der Waals surface area contributed by atoms with E-state index in [0.29, 0.717) is 0 Å². The lowest BCUT2D eigenvalue weighted by molar-refractivity contribution is 0.0943. The number of hydrogen-bond acceptors (Lipinski definition) is 5. The number of aryl methyl sites for hydroxylation is 1. The number of ether oxygens (including phenoxy) is 1. The minimum Gasteiger partial charge on any atom is -0.489 e. The second kappa shape index (κ2) is 6.67. The van der Waals surface area contributed by atoms with Crippen LogP contribution in [0, 0.1) is 0 Å². The molecule has 0 N–H and O–H groups in total. The van der Waals surface area contributed by atoms with Gasteiger partial charge in [0.1, 0.15) is 24.0 Å². The van der Waals surface area contributed by atoms with Gasteiger partial charge in [0.25, 0.3) is 0 Å². The van der Waals surface area contributed by atoms with Gasteiger partial charge in [0.2, 0.25) is 0 Å². The van der Waals surface area contributed by atoms with Crippen molar-refractivity contribution >= 4 is 0 Å². The van der Waals surface area contributed by atoms with Gasteiger partial charge in [0.05, 0.1) is 12.7 Å². The molecule has 3 rings (SSSR count). The quantitative estimate of drug-likeness (QED) is 0.838. The van der Waals surface area contributed by atoms with E-state index in [1.54, 1.807) is 18.7 Å². The van der Waals surface area contributed by atoms with Crippen LogP contribution in [-0.4, -0.2) is 43.8 Å². The maximum Gasteiger partial charge on any atom is 0.140 e. The van der Waals surface area contributed by atoms with Crippen molar-refractivity contribution in [3.05, 3.63) is 36.7 Å². The van der Waals surface area contributed by atoms with E-state index in [1.807, 2.05) is 16.8 Å². The lowest BCUT2D eigenvalue weighted by Crippen LogP contribution is -2.38. The number of nitrogens with zero attached hydrogens (tertiary/aromatic N) is 5. The molecule has 1 fully saturated rings. The molecular weight excluding hydrogens is 266 g/mol.